The van der Waals surface area contributed by atoms with Gasteiger partial charge in [-0.2, -0.15) is 0 Å². The summed E-state index contributed by atoms with van der Waals surface area (Å²) in [6, 6.07) is 17.6. The van der Waals surface area contributed by atoms with Crippen LogP contribution in [0.2, 0.25) is 0 Å². The van der Waals surface area contributed by atoms with E-state index in [1.807, 2.05) is 22.3 Å². The van der Waals surface area contributed by atoms with Crippen LogP contribution in [0.15, 0.2) is 48.5 Å². The molecule has 1 aromatic heterocycles. The molecular formula is C27H30F6N3OPS2. The molecule has 1 fully saturated rings. The fourth-order valence-corrected chi connectivity index (χ4v) is 6.73. The van der Waals surface area contributed by atoms with E-state index in [0.717, 1.165) is 35.7 Å². The molecule has 0 unspecified atom stereocenters. The van der Waals surface area contributed by atoms with Gasteiger partial charge in [0.15, 0.2) is 0 Å². The summed E-state index contributed by atoms with van der Waals surface area (Å²) in [7, 11) is -2.34. The number of rotatable bonds is 3. The number of carbonyl (C=O) groups excluding carboxylic acids is 1. The Hall–Kier alpha value is -2.69. The van der Waals surface area contributed by atoms with Gasteiger partial charge in [0.2, 0.25) is 5.36 Å². The Morgan fingerprint density at radius 1 is 0.850 bits per heavy atom. The molecule has 0 radical (unpaired) electrons. The quantitative estimate of drug-likeness (QED) is 0.0989. The van der Waals surface area contributed by atoms with Crippen molar-refractivity contribution < 1.29 is 30.0 Å². The Kier molecular flexibility index (Phi) is 7.79. The van der Waals surface area contributed by atoms with Gasteiger partial charge in [-0.15, -0.1) is 22.7 Å². The van der Waals surface area contributed by atoms with Crippen LogP contribution < -0.4 is 14.8 Å². The van der Waals surface area contributed by atoms with Crippen molar-refractivity contribution in [1.29, 1.82) is 0 Å². The van der Waals surface area contributed by atoms with Crippen molar-refractivity contribution in [1.82, 2.24) is 9.48 Å². The summed E-state index contributed by atoms with van der Waals surface area (Å²) in [4.78, 5) is 20.6. The fourth-order valence-electron chi connectivity index (χ4n) is 4.53. The molecule has 40 heavy (non-hydrogen) atoms. The first kappa shape index (κ1) is 30.3. The number of benzene rings is 2. The van der Waals surface area contributed by atoms with Crippen LogP contribution in [0.4, 0.5) is 30.9 Å². The number of amides is 1. The van der Waals surface area contributed by atoms with Crippen molar-refractivity contribution in [3.8, 4) is 20.9 Å². The molecule has 13 heteroatoms. The second-order valence-electron chi connectivity index (χ2n) is 10.1. The van der Waals surface area contributed by atoms with E-state index >= 15 is 0 Å². The average molecular weight is 622 g/mol. The van der Waals surface area contributed by atoms with E-state index in [2.05, 4.69) is 80.1 Å². The maximum atomic E-state index is 13.1. The van der Waals surface area contributed by atoms with Gasteiger partial charge in [0.05, 0.1) is 4.88 Å². The number of anilines is 1. The van der Waals surface area contributed by atoms with E-state index in [4.69, 9.17) is 0 Å². The van der Waals surface area contributed by atoms with Gasteiger partial charge < -0.3 is 9.80 Å². The third kappa shape index (κ3) is 7.95. The Morgan fingerprint density at radius 2 is 1.50 bits per heavy atom. The molecule has 0 saturated carbocycles. The monoisotopic (exact) mass is 621 g/mol. The summed E-state index contributed by atoms with van der Waals surface area (Å²) in [5.41, 5.74) is 3.67. The third-order valence-corrected chi connectivity index (χ3v) is 8.63. The number of hydrogen-bond donors (Lipinski definition) is 0. The minimum absolute atomic E-state index is 0.183. The van der Waals surface area contributed by atoms with E-state index in [9.17, 15) is 30.0 Å². The molecule has 4 nitrogen and oxygen atoms in total. The van der Waals surface area contributed by atoms with Crippen LogP contribution in [0.5, 0.6) is 0 Å². The predicted molar refractivity (Wildman–Crippen MR) is 157 cm³/mol. The first-order chi connectivity index (χ1) is 18.4. The summed E-state index contributed by atoms with van der Waals surface area (Å²) >= 11 is 3.47. The van der Waals surface area contributed by atoms with Gasteiger partial charge in [0.25, 0.3) is 5.91 Å². The summed E-state index contributed by atoms with van der Waals surface area (Å²) < 4.78 is 62.6. The van der Waals surface area contributed by atoms with Gasteiger partial charge in [-0.1, -0.05) is 6.07 Å². The number of carbonyl (C=O) groups is 1. The topological polar surface area (TPSA) is 26.6 Å². The Bertz CT molecular complexity index is 1590. The normalized spacial score (nSPS) is 15.7. The number of fused-ring (bicyclic) bond motifs is 2. The molecule has 218 valence electrons. The second kappa shape index (κ2) is 10.3. The van der Waals surface area contributed by atoms with Crippen LogP contribution in [-0.4, -0.2) is 52.1 Å². The number of nitrogens with zero attached hydrogens (tertiary/aromatic N) is 3. The molecule has 3 aliphatic rings. The zero-order chi connectivity index (χ0) is 29.5. The number of thiophene rings is 1. The molecule has 1 saturated heterocycles. The van der Waals surface area contributed by atoms with Crippen LogP contribution in [0.25, 0.3) is 31.0 Å². The Labute approximate surface area is 236 Å². The average Bonchev–Trinajstić information content (AvgIpc) is 3.34. The molecule has 1 amide bonds. The van der Waals surface area contributed by atoms with Gasteiger partial charge in [-0.25, -0.2) is 4.58 Å². The molecule has 0 atom stereocenters. The number of hydrogen-bond acceptors (Lipinski definition) is 4. The van der Waals surface area contributed by atoms with E-state index in [1.54, 1.807) is 11.3 Å². The van der Waals surface area contributed by atoms with Crippen LogP contribution in [0.3, 0.4) is 0 Å². The van der Waals surface area contributed by atoms with Crippen molar-refractivity contribution in [3.05, 3.63) is 58.8 Å². The fraction of sp³-hybridized carbons (Fsp3) is 0.333. The molecule has 5 rings (SSSR count). The number of piperidine rings is 1. The maximum absolute atomic E-state index is 13.1. The van der Waals surface area contributed by atoms with Crippen molar-refractivity contribution in [2.75, 3.05) is 46.2 Å². The summed E-state index contributed by atoms with van der Waals surface area (Å²) in [5, 5.41) is 2.44. The van der Waals surface area contributed by atoms with Crippen LogP contribution in [-0.2, 0) is 0 Å². The SMILES string of the molecule is CN(C)c1ccc2c(-c3ccc(C(=O)N4CCCCC4)s3)c3ccc(=[N+](C)C)cc-3sc2c1.F[P-](F)(F)(F)(F)F. The molecule has 3 heterocycles. The van der Waals surface area contributed by atoms with Crippen molar-refractivity contribution in [2.24, 2.45) is 0 Å². The zero-order valence-corrected chi connectivity index (χ0v) is 25.0. The van der Waals surface area contributed by atoms with Gasteiger partial charge >= 0.3 is 33.0 Å². The van der Waals surface area contributed by atoms with Gasteiger partial charge in [-0.05, 0) is 49.6 Å². The number of likely N-dealkylation sites (tertiary alicyclic amines) is 1. The van der Waals surface area contributed by atoms with Gasteiger partial charge in [0, 0.05) is 76.0 Å². The predicted octanol–water partition coefficient (Wildman–Crippen LogP) is 8.84. The molecule has 0 N–H and O–H groups in total. The van der Waals surface area contributed by atoms with Gasteiger partial charge in [0.1, 0.15) is 14.1 Å². The molecule has 0 bridgehead atoms. The van der Waals surface area contributed by atoms with E-state index < -0.39 is 7.81 Å². The first-order valence-electron chi connectivity index (χ1n) is 12.5. The van der Waals surface area contributed by atoms with E-state index in [1.165, 1.54) is 43.6 Å². The standard InChI is InChI=1S/C27H30N3OS2.F6P/c1-28(2)18-8-10-20-24(16-18)33-25-17-19(29(3)4)9-11-21(25)26(20)22-12-13-23(32-22)27(31)30-14-6-5-7-15-30;1-7(2,3,4,5)6/h8-13,16-17H,5-7,14-15H2,1-4H3;/q+1;-1. The molecule has 1 aromatic carbocycles. The van der Waals surface area contributed by atoms with Crippen molar-refractivity contribution in [3.63, 3.8) is 0 Å². The van der Waals surface area contributed by atoms with E-state index in [-0.39, 0.29) is 5.91 Å². The molecular weight excluding hydrogens is 591 g/mol. The van der Waals surface area contributed by atoms with E-state index in [0.29, 0.717) is 0 Å². The summed E-state index contributed by atoms with van der Waals surface area (Å²) in [5.74, 6) is 0.183. The summed E-state index contributed by atoms with van der Waals surface area (Å²) in [6.45, 7) is 1.76. The Morgan fingerprint density at radius 3 is 2.10 bits per heavy atom. The van der Waals surface area contributed by atoms with Crippen LogP contribution in [0, 0.1) is 0 Å². The van der Waals surface area contributed by atoms with Crippen molar-refractivity contribution in [2.45, 2.75) is 19.3 Å². The molecule has 2 aliphatic heterocycles. The molecule has 1 aliphatic carbocycles. The Balaban J connectivity index is 0.000000470. The van der Waals surface area contributed by atoms with Crippen LogP contribution in [0.1, 0.15) is 28.9 Å². The second-order valence-corrected chi connectivity index (χ2v) is 14.2. The number of halogens is 6. The zero-order valence-electron chi connectivity index (χ0n) is 22.4. The van der Waals surface area contributed by atoms with Crippen LogP contribution >= 0.6 is 30.5 Å². The third-order valence-electron chi connectivity index (χ3n) is 6.43. The molecule has 2 aromatic rings. The van der Waals surface area contributed by atoms with Gasteiger partial charge in [-0.3, -0.25) is 4.79 Å². The first-order valence-corrected chi connectivity index (χ1v) is 16.2. The molecule has 0 spiro atoms. The summed E-state index contributed by atoms with van der Waals surface area (Å²) in [6.07, 6.45) is 3.45. The minimum atomic E-state index is -10.7. The van der Waals surface area contributed by atoms with Crippen molar-refractivity contribution >= 4 is 52.2 Å².